The Kier molecular flexibility index (Phi) is 8.78. The minimum absolute atomic E-state index is 0.453. The van der Waals surface area contributed by atoms with Crippen molar-refractivity contribution in [2.75, 3.05) is 37.0 Å². The maximum absolute atomic E-state index is 10.6. The maximum atomic E-state index is 10.6. The number of rotatable bonds is 10. The minimum atomic E-state index is -1.84. The second-order valence-corrected chi connectivity index (χ2v) is 23.4. The Morgan fingerprint density at radius 3 is 1.96 bits per heavy atom. The second-order valence-electron chi connectivity index (χ2n) is 9.95. The van der Waals surface area contributed by atoms with Crippen molar-refractivity contribution in [3.8, 4) is 0 Å². The van der Waals surface area contributed by atoms with Crippen LogP contribution in [-0.2, 0) is 4.74 Å². The first-order valence-electron chi connectivity index (χ1n) is 10.4. The van der Waals surface area contributed by atoms with Gasteiger partial charge in [0.2, 0.25) is 0 Å². The lowest BCUT2D eigenvalue weighted by Gasteiger charge is -2.47. The van der Waals surface area contributed by atoms with E-state index in [1.165, 1.54) is 0 Å². The SMILES string of the molecule is [B]C1CC(OC(C)(C)P(=C)(CP(=C)(C)CC)CP(=C)(CC)CC)C(O)C1(C)O. The molecule has 0 bridgehead atoms. The van der Waals surface area contributed by atoms with Gasteiger partial charge in [-0.3, -0.25) is 0 Å². The van der Waals surface area contributed by atoms with Crippen LogP contribution in [0.15, 0.2) is 0 Å². The van der Waals surface area contributed by atoms with Crippen LogP contribution in [0.3, 0.4) is 0 Å². The van der Waals surface area contributed by atoms with Gasteiger partial charge in [-0.2, -0.15) is 0 Å². The van der Waals surface area contributed by atoms with Crippen LogP contribution in [0.4, 0.5) is 0 Å². The van der Waals surface area contributed by atoms with Crippen molar-refractivity contribution in [3.05, 3.63) is 0 Å². The topological polar surface area (TPSA) is 49.7 Å². The Morgan fingerprint density at radius 1 is 1.11 bits per heavy atom. The van der Waals surface area contributed by atoms with Crippen LogP contribution in [0.1, 0.15) is 48.0 Å². The van der Waals surface area contributed by atoms with Gasteiger partial charge in [-0.1, -0.05) is 34.0 Å². The van der Waals surface area contributed by atoms with E-state index in [2.05, 4.69) is 53.9 Å². The molecule has 0 aliphatic heterocycles. The smallest absolute Gasteiger partial charge is 0.108 e. The highest BCUT2D eigenvalue weighted by molar-refractivity contribution is 7.96. The third-order valence-electron chi connectivity index (χ3n) is 7.06. The highest BCUT2D eigenvalue weighted by atomic mass is 31.2. The monoisotopic (exact) mass is 448 g/mol. The molecule has 6 atom stereocenters. The summed E-state index contributed by atoms with van der Waals surface area (Å²) in [6.07, 6.45) is 16.4. The molecule has 2 N–H and O–H groups in total. The zero-order valence-corrected chi connectivity index (χ0v) is 22.0. The van der Waals surface area contributed by atoms with E-state index in [1.54, 1.807) is 6.92 Å². The zero-order chi connectivity index (χ0) is 22.2. The van der Waals surface area contributed by atoms with E-state index in [9.17, 15) is 10.2 Å². The summed E-state index contributed by atoms with van der Waals surface area (Å²) in [5.74, 6) is 1.59. The van der Waals surface area contributed by atoms with Crippen LogP contribution < -0.4 is 0 Å². The molecule has 0 amide bonds. The summed E-state index contributed by atoms with van der Waals surface area (Å²) in [6.45, 7) is 10.4. The Labute approximate surface area is 176 Å². The van der Waals surface area contributed by atoms with Crippen LogP contribution >= 0.6 is 20.7 Å². The molecular weight excluding hydrogens is 404 g/mol. The molecule has 0 aromatic rings. The molecule has 0 spiro atoms. The molecule has 164 valence electrons. The summed E-state index contributed by atoms with van der Waals surface area (Å²) in [7, 11) is 6.08. The Morgan fingerprint density at radius 2 is 1.61 bits per heavy atom. The van der Waals surface area contributed by atoms with Crippen molar-refractivity contribution >= 4 is 47.4 Å². The first kappa shape index (κ1) is 26.9. The second kappa shape index (κ2) is 9.14. The summed E-state index contributed by atoms with van der Waals surface area (Å²) in [5, 5.41) is 20.7. The molecule has 0 saturated heterocycles. The quantitative estimate of drug-likeness (QED) is 0.381. The lowest BCUT2D eigenvalue weighted by Crippen LogP contribution is -2.44. The van der Waals surface area contributed by atoms with Gasteiger partial charge in [0, 0.05) is 0 Å². The first-order valence-corrected chi connectivity index (χ1v) is 18.1. The van der Waals surface area contributed by atoms with Gasteiger partial charge in [0.25, 0.3) is 0 Å². The fourth-order valence-corrected chi connectivity index (χ4v) is 20.9. The van der Waals surface area contributed by atoms with E-state index in [4.69, 9.17) is 18.9 Å². The fourth-order valence-electron chi connectivity index (χ4n) is 3.94. The van der Waals surface area contributed by atoms with Crippen molar-refractivity contribution in [1.82, 2.24) is 0 Å². The Balaban J connectivity index is 3.29. The molecule has 2 radical (unpaired) electrons. The van der Waals surface area contributed by atoms with Gasteiger partial charge in [0.05, 0.1) is 24.9 Å². The molecule has 1 aliphatic rings. The number of hydrogen-bond donors (Lipinski definition) is 2. The highest BCUT2D eigenvalue weighted by Gasteiger charge is 2.51. The molecule has 1 saturated carbocycles. The molecular formula is C21H44BO3P3. The molecule has 1 aliphatic carbocycles. The standard InChI is InChI=1S/C21H44BO3P3/c1-11-26(7,8)15-28(10,16-27(9,12-2)13-3)20(4,5)25-17-14-18(22)21(6,24)19(17)23/h17-19,23-24H,7,9-16H2,1-6,8H3. The van der Waals surface area contributed by atoms with Crippen LogP contribution in [0, 0.1) is 0 Å². The molecule has 28 heavy (non-hydrogen) atoms. The maximum Gasteiger partial charge on any atom is 0.108 e. The number of ether oxygens (including phenoxy) is 1. The number of aliphatic hydroxyl groups is 2. The molecule has 6 unspecified atom stereocenters. The van der Waals surface area contributed by atoms with Gasteiger partial charge in [-0.15, -0.1) is 26.4 Å². The van der Waals surface area contributed by atoms with Crippen molar-refractivity contribution < 1.29 is 14.9 Å². The van der Waals surface area contributed by atoms with Crippen LogP contribution in [0.2, 0.25) is 5.82 Å². The fraction of sp³-hybridized carbons (Fsp3) is 0.857. The third-order valence-corrected chi connectivity index (χ3v) is 23.1. The van der Waals surface area contributed by atoms with Crippen molar-refractivity contribution in [3.63, 3.8) is 0 Å². The van der Waals surface area contributed by atoms with Crippen molar-refractivity contribution in [1.29, 1.82) is 0 Å². The van der Waals surface area contributed by atoms with E-state index < -0.39 is 49.6 Å². The summed E-state index contributed by atoms with van der Waals surface area (Å²) in [5.41, 5.74) is -1.32. The highest BCUT2D eigenvalue weighted by Crippen LogP contribution is 2.73. The van der Waals surface area contributed by atoms with Gasteiger partial charge in [-0.05, 0) is 70.0 Å². The van der Waals surface area contributed by atoms with E-state index in [-0.39, 0.29) is 0 Å². The van der Waals surface area contributed by atoms with Crippen molar-refractivity contribution in [2.24, 2.45) is 0 Å². The van der Waals surface area contributed by atoms with Crippen LogP contribution in [0.5, 0.6) is 0 Å². The summed E-state index contributed by atoms with van der Waals surface area (Å²) in [6, 6.07) is 0. The average molecular weight is 448 g/mol. The molecule has 0 aromatic heterocycles. The number of aliphatic hydroxyl groups excluding tert-OH is 1. The van der Waals surface area contributed by atoms with E-state index >= 15 is 0 Å². The van der Waals surface area contributed by atoms with E-state index in [0.717, 1.165) is 30.3 Å². The molecule has 7 heteroatoms. The normalized spacial score (nSPS) is 33.4. The van der Waals surface area contributed by atoms with Crippen LogP contribution in [0.25, 0.3) is 0 Å². The molecule has 0 heterocycles. The number of hydrogen-bond acceptors (Lipinski definition) is 3. The summed E-state index contributed by atoms with van der Waals surface area (Å²) < 4.78 is 6.58. The van der Waals surface area contributed by atoms with Gasteiger partial charge in [0.15, 0.2) is 0 Å². The largest absolute Gasteiger partial charge is 0.388 e. The Hall–Kier alpha value is 0.845. The van der Waals surface area contributed by atoms with E-state index in [0.29, 0.717) is 6.42 Å². The minimum Gasteiger partial charge on any atom is -0.388 e. The lowest BCUT2D eigenvalue weighted by atomic mass is 9.76. The molecule has 0 aromatic carbocycles. The van der Waals surface area contributed by atoms with Crippen molar-refractivity contribution in [2.45, 2.75) is 76.9 Å². The summed E-state index contributed by atoms with van der Waals surface area (Å²) >= 11 is 0. The first-order chi connectivity index (χ1) is 12.5. The molecule has 1 fully saturated rings. The van der Waals surface area contributed by atoms with Crippen LogP contribution in [-0.4, -0.2) is 97.1 Å². The van der Waals surface area contributed by atoms with Gasteiger partial charge in [0.1, 0.15) is 6.10 Å². The Bertz CT molecular complexity index is 678. The van der Waals surface area contributed by atoms with Gasteiger partial charge in [-0.25, -0.2) is 0 Å². The lowest BCUT2D eigenvalue weighted by molar-refractivity contribution is -0.117. The molecule has 1 rings (SSSR count). The zero-order valence-electron chi connectivity index (χ0n) is 19.3. The summed E-state index contributed by atoms with van der Waals surface area (Å²) in [4.78, 5) is 0. The van der Waals surface area contributed by atoms with Gasteiger partial charge >= 0.3 is 0 Å². The predicted octanol–water partition coefficient (Wildman–Crippen LogP) is 4.53. The van der Waals surface area contributed by atoms with E-state index in [1.807, 2.05) is 0 Å². The third kappa shape index (κ3) is 5.75. The predicted molar refractivity (Wildman–Crippen MR) is 139 cm³/mol. The average Bonchev–Trinajstić information content (AvgIpc) is 2.76. The van der Waals surface area contributed by atoms with Gasteiger partial charge < -0.3 is 14.9 Å². The molecule has 3 nitrogen and oxygen atoms in total.